The molecule has 0 saturated carbocycles. The van der Waals surface area contributed by atoms with Crippen LogP contribution in [0.25, 0.3) is 22.0 Å². The van der Waals surface area contributed by atoms with E-state index < -0.39 is 11.7 Å². The molecule has 1 aliphatic heterocycles. The van der Waals surface area contributed by atoms with Crippen LogP contribution in [0.5, 0.6) is 11.5 Å². The number of aromatic hydroxyl groups is 2. The number of fused-ring (bicyclic) bond motifs is 2. The van der Waals surface area contributed by atoms with Crippen LogP contribution in [0.1, 0.15) is 22.3 Å². The van der Waals surface area contributed by atoms with Crippen LogP contribution in [0, 0.1) is 0 Å². The first-order valence-corrected chi connectivity index (χ1v) is 9.47. The van der Waals surface area contributed by atoms with Gasteiger partial charge in [0.15, 0.2) is 6.21 Å². The number of hydrogen-bond donors (Lipinski definition) is 4. The quantitative estimate of drug-likeness (QED) is 0.364. The Hall–Kier alpha value is -4.00. The molecular formula is C24H16F3N2O2+. The molecule has 5 rings (SSSR count). The van der Waals surface area contributed by atoms with Crippen LogP contribution >= 0.6 is 0 Å². The summed E-state index contributed by atoms with van der Waals surface area (Å²) in [4.78, 5) is 6.30. The maximum absolute atomic E-state index is 13.1. The summed E-state index contributed by atoms with van der Waals surface area (Å²) in [6, 6.07) is 14.8. The van der Waals surface area contributed by atoms with Gasteiger partial charge in [-0.3, -0.25) is 0 Å². The number of rotatable bonds is 2. The zero-order valence-electron chi connectivity index (χ0n) is 16.0. The maximum Gasteiger partial charge on any atom is 0.416 e. The predicted molar refractivity (Wildman–Crippen MR) is 112 cm³/mol. The first kappa shape index (κ1) is 19.0. The second kappa shape index (κ2) is 6.77. The summed E-state index contributed by atoms with van der Waals surface area (Å²) in [5.41, 5.74) is 4.22. The van der Waals surface area contributed by atoms with Gasteiger partial charge in [-0.05, 0) is 48.0 Å². The lowest BCUT2D eigenvalue weighted by Crippen LogP contribution is -2.58. The lowest BCUT2D eigenvalue weighted by molar-refractivity contribution is -0.342. The van der Waals surface area contributed by atoms with E-state index in [9.17, 15) is 23.4 Å². The molecule has 0 amide bonds. The number of phenolic OH excluding ortho intramolecular Hbond substituents is 2. The Morgan fingerprint density at radius 3 is 2.32 bits per heavy atom. The van der Waals surface area contributed by atoms with Gasteiger partial charge in [-0.25, -0.2) is 4.99 Å². The standard InChI is InChI=1S/C24H15F3N2O2/c25-24(26,27)14-3-1-13(2-4-14)23(19-11-28-21-7-5-15(30)9-17(19)21)20-12-29-22-8-6-16(31)10-18(20)22/h1-12,28,30-31H/p+1. The third-order valence-electron chi connectivity index (χ3n) is 5.37. The van der Waals surface area contributed by atoms with Gasteiger partial charge < -0.3 is 15.2 Å². The molecule has 1 aromatic heterocycles. The lowest BCUT2D eigenvalue weighted by atomic mass is 9.89. The second-order valence-corrected chi connectivity index (χ2v) is 7.31. The molecule has 0 spiro atoms. The molecule has 4 nitrogen and oxygen atoms in total. The number of alkyl halides is 3. The molecule has 154 valence electrons. The molecular weight excluding hydrogens is 405 g/mol. The van der Waals surface area contributed by atoms with E-state index in [2.05, 4.69) is 9.98 Å². The van der Waals surface area contributed by atoms with Crippen molar-refractivity contribution in [2.24, 2.45) is 0 Å². The Bertz CT molecular complexity index is 1380. The molecule has 3 aromatic carbocycles. The first-order valence-electron chi connectivity index (χ1n) is 9.47. The molecule has 2 heterocycles. The van der Waals surface area contributed by atoms with E-state index in [-0.39, 0.29) is 11.5 Å². The molecule has 7 heteroatoms. The van der Waals surface area contributed by atoms with E-state index in [0.717, 1.165) is 45.4 Å². The molecule has 0 radical (unpaired) electrons. The van der Waals surface area contributed by atoms with E-state index in [1.54, 1.807) is 48.8 Å². The molecule has 0 aliphatic carbocycles. The monoisotopic (exact) mass is 421 g/mol. The smallest absolute Gasteiger partial charge is 0.416 e. The molecule has 1 aliphatic rings. The van der Waals surface area contributed by atoms with Gasteiger partial charge in [0.05, 0.1) is 16.7 Å². The predicted octanol–water partition coefficient (Wildman–Crippen LogP) is 4.35. The Labute approximate surface area is 174 Å². The number of aromatic amines is 1. The number of aromatic nitrogens is 1. The highest BCUT2D eigenvalue weighted by Crippen LogP contribution is 2.40. The Morgan fingerprint density at radius 1 is 0.871 bits per heavy atom. The SMILES string of the molecule is Oc1ccc2c(c1)C(=C(c1ccc(C(F)(F)F)cc1)c1c[nH]c3ccc(O)cc13)C=[NH+]2. The van der Waals surface area contributed by atoms with Gasteiger partial charge in [0, 0.05) is 34.3 Å². The number of allylic oxidation sites excluding steroid dienone is 1. The summed E-state index contributed by atoms with van der Waals surface area (Å²) in [7, 11) is 0. The minimum absolute atomic E-state index is 0.0803. The van der Waals surface area contributed by atoms with Crippen molar-refractivity contribution in [1.29, 1.82) is 0 Å². The Balaban J connectivity index is 1.80. The van der Waals surface area contributed by atoms with Crippen molar-refractivity contribution in [3.05, 3.63) is 89.1 Å². The van der Waals surface area contributed by atoms with Crippen LogP contribution < -0.4 is 4.99 Å². The maximum atomic E-state index is 13.1. The number of hydrogen-bond acceptors (Lipinski definition) is 2. The summed E-state index contributed by atoms with van der Waals surface area (Å²) in [6.45, 7) is 0. The zero-order chi connectivity index (χ0) is 21.8. The third kappa shape index (κ3) is 3.24. The van der Waals surface area contributed by atoms with Crippen molar-refractivity contribution in [3.63, 3.8) is 0 Å². The van der Waals surface area contributed by atoms with Gasteiger partial charge in [0.1, 0.15) is 11.5 Å². The molecule has 4 N–H and O–H groups in total. The Kier molecular flexibility index (Phi) is 4.15. The van der Waals surface area contributed by atoms with Crippen LogP contribution in [0.2, 0.25) is 0 Å². The number of nitrogens with one attached hydrogen (secondary N) is 2. The molecule has 0 atom stereocenters. The van der Waals surface area contributed by atoms with Crippen LogP contribution in [0.15, 0.2) is 66.9 Å². The highest BCUT2D eigenvalue weighted by atomic mass is 19.4. The number of phenols is 2. The molecule has 4 aromatic rings. The first-order chi connectivity index (χ1) is 14.8. The van der Waals surface area contributed by atoms with Crippen LogP contribution in [0.4, 0.5) is 18.9 Å². The third-order valence-corrected chi connectivity index (χ3v) is 5.37. The van der Waals surface area contributed by atoms with Crippen molar-refractivity contribution in [2.75, 3.05) is 0 Å². The summed E-state index contributed by atoms with van der Waals surface area (Å²) in [6.07, 6.45) is -0.907. The van der Waals surface area contributed by atoms with Gasteiger partial charge in [0.25, 0.3) is 0 Å². The molecule has 0 unspecified atom stereocenters. The number of halogens is 3. The summed E-state index contributed by atoms with van der Waals surface area (Å²) in [5.74, 6) is 0.161. The fourth-order valence-electron chi connectivity index (χ4n) is 3.91. The average Bonchev–Trinajstić information content (AvgIpc) is 3.33. The summed E-state index contributed by atoms with van der Waals surface area (Å²) >= 11 is 0. The summed E-state index contributed by atoms with van der Waals surface area (Å²) < 4.78 is 39.3. The minimum atomic E-state index is -4.43. The van der Waals surface area contributed by atoms with E-state index in [1.807, 2.05) is 0 Å². The van der Waals surface area contributed by atoms with Gasteiger partial charge in [-0.15, -0.1) is 0 Å². The van der Waals surface area contributed by atoms with E-state index in [4.69, 9.17) is 0 Å². The largest absolute Gasteiger partial charge is 0.508 e. The van der Waals surface area contributed by atoms with Crippen LogP contribution in [-0.2, 0) is 6.18 Å². The molecule has 31 heavy (non-hydrogen) atoms. The molecule has 0 bridgehead atoms. The number of H-pyrrole nitrogens is 1. The van der Waals surface area contributed by atoms with E-state index in [1.165, 1.54) is 12.1 Å². The van der Waals surface area contributed by atoms with Crippen molar-refractivity contribution >= 4 is 34.0 Å². The van der Waals surface area contributed by atoms with Crippen LogP contribution in [-0.4, -0.2) is 21.4 Å². The molecule has 0 fully saturated rings. The zero-order valence-corrected chi connectivity index (χ0v) is 16.0. The van der Waals surface area contributed by atoms with Gasteiger partial charge in [0.2, 0.25) is 5.69 Å². The highest BCUT2D eigenvalue weighted by molar-refractivity contribution is 6.25. The van der Waals surface area contributed by atoms with Gasteiger partial charge in [-0.1, -0.05) is 12.1 Å². The topological polar surface area (TPSA) is 70.2 Å². The van der Waals surface area contributed by atoms with Crippen molar-refractivity contribution in [2.45, 2.75) is 6.18 Å². The fraction of sp³-hybridized carbons (Fsp3) is 0.0417. The van der Waals surface area contributed by atoms with Crippen molar-refractivity contribution in [1.82, 2.24) is 4.98 Å². The fourth-order valence-corrected chi connectivity index (χ4v) is 3.91. The highest BCUT2D eigenvalue weighted by Gasteiger charge is 2.31. The van der Waals surface area contributed by atoms with Gasteiger partial charge in [-0.2, -0.15) is 13.2 Å². The van der Waals surface area contributed by atoms with E-state index in [0.29, 0.717) is 11.1 Å². The molecule has 0 saturated heterocycles. The average molecular weight is 421 g/mol. The van der Waals surface area contributed by atoms with Gasteiger partial charge >= 0.3 is 6.18 Å². The Morgan fingerprint density at radius 2 is 1.58 bits per heavy atom. The van der Waals surface area contributed by atoms with Crippen molar-refractivity contribution < 1.29 is 28.4 Å². The number of benzene rings is 3. The minimum Gasteiger partial charge on any atom is -0.508 e. The van der Waals surface area contributed by atoms with Crippen molar-refractivity contribution in [3.8, 4) is 11.5 Å². The second-order valence-electron chi connectivity index (χ2n) is 7.31. The normalized spacial score (nSPS) is 14.8. The van der Waals surface area contributed by atoms with Crippen LogP contribution in [0.3, 0.4) is 0 Å². The van der Waals surface area contributed by atoms with E-state index >= 15 is 0 Å². The summed E-state index contributed by atoms with van der Waals surface area (Å²) in [5, 5.41) is 20.7. The lowest BCUT2D eigenvalue weighted by Gasteiger charge is -2.12.